The van der Waals surface area contributed by atoms with Crippen molar-refractivity contribution in [2.24, 2.45) is 0 Å². The fourth-order valence-electron chi connectivity index (χ4n) is 3.48. The quantitative estimate of drug-likeness (QED) is 0.256. The molecule has 0 aliphatic carbocycles. The molecule has 0 atom stereocenters. The van der Waals surface area contributed by atoms with E-state index < -0.39 is 17.8 Å². The van der Waals surface area contributed by atoms with Crippen LogP contribution in [0.5, 0.6) is 11.5 Å². The number of amides is 4. The molecule has 1 N–H and O–H groups in total. The molecule has 1 fully saturated rings. The first kappa shape index (κ1) is 24.2. The zero-order chi connectivity index (χ0) is 24.9. The summed E-state index contributed by atoms with van der Waals surface area (Å²) in [5.41, 5.74) is 3.04. The molecule has 4 rings (SSSR count). The van der Waals surface area contributed by atoms with Crippen LogP contribution in [0.25, 0.3) is 6.08 Å². The maximum Gasteiger partial charge on any atom is 0.335 e. The number of imide groups is 2. The van der Waals surface area contributed by atoms with E-state index in [0.717, 1.165) is 26.2 Å². The smallest absolute Gasteiger partial charge is 0.335 e. The van der Waals surface area contributed by atoms with Crippen LogP contribution >= 0.6 is 15.9 Å². The molecule has 1 aliphatic rings. The van der Waals surface area contributed by atoms with Gasteiger partial charge >= 0.3 is 6.03 Å². The topological polar surface area (TPSA) is 84.9 Å². The number of carbonyl (C=O) groups excluding carboxylic acids is 3. The predicted octanol–water partition coefficient (Wildman–Crippen LogP) is 5.19. The lowest BCUT2D eigenvalue weighted by Crippen LogP contribution is -2.54. The molecule has 8 heteroatoms. The van der Waals surface area contributed by atoms with Crippen LogP contribution in [0.3, 0.4) is 0 Å². The van der Waals surface area contributed by atoms with E-state index in [0.29, 0.717) is 30.2 Å². The van der Waals surface area contributed by atoms with E-state index in [-0.39, 0.29) is 5.57 Å². The number of hydrogen-bond acceptors (Lipinski definition) is 5. The molecule has 1 heterocycles. The molecular formula is C27H23BrN2O5. The highest BCUT2D eigenvalue weighted by Gasteiger charge is 2.36. The Kier molecular flexibility index (Phi) is 7.31. The molecule has 0 spiro atoms. The molecule has 0 radical (unpaired) electrons. The van der Waals surface area contributed by atoms with Gasteiger partial charge in [0.25, 0.3) is 11.8 Å². The Bertz CT molecular complexity index is 1300. The molecule has 1 saturated heterocycles. The Morgan fingerprint density at radius 2 is 1.57 bits per heavy atom. The summed E-state index contributed by atoms with van der Waals surface area (Å²) in [5.74, 6) is 0.0340. The van der Waals surface area contributed by atoms with Crippen molar-refractivity contribution in [2.45, 2.75) is 13.8 Å². The molecule has 7 nitrogen and oxygen atoms in total. The second-order valence-corrected chi connectivity index (χ2v) is 8.88. The summed E-state index contributed by atoms with van der Waals surface area (Å²) >= 11 is 3.32. The summed E-state index contributed by atoms with van der Waals surface area (Å²) in [6.07, 6.45) is 1.45. The molecule has 4 amide bonds. The lowest BCUT2D eigenvalue weighted by molar-refractivity contribution is -0.122. The molecule has 1 aliphatic heterocycles. The van der Waals surface area contributed by atoms with E-state index >= 15 is 0 Å². The van der Waals surface area contributed by atoms with Gasteiger partial charge in [-0.2, -0.15) is 0 Å². The first-order valence-electron chi connectivity index (χ1n) is 10.9. The zero-order valence-electron chi connectivity index (χ0n) is 19.2. The summed E-state index contributed by atoms with van der Waals surface area (Å²) in [5, 5.41) is 2.22. The third-order valence-electron chi connectivity index (χ3n) is 5.33. The monoisotopic (exact) mass is 534 g/mol. The predicted molar refractivity (Wildman–Crippen MR) is 136 cm³/mol. The zero-order valence-corrected chi connectivity index (χ0v) is 20.8. The van der Waals surface area contributed by atoms with E-state index in [1.54, 1.807) is 48.5 Å². The van der Waals surface area contributed by atoms with Crippen LogP contribution in [-0.4, -0.2) is 31.1 Å². The molecule has 0 unspecified atom stereocenters. The summed E-state index contributed by atoms with van der Waals surface area (Å²) < 4.78 is 12.3. The Hall–Kier alpha value is -3.91. The number of halogens is 1. The van der Waals surface area contributed by atoms with Crippen molar-refractivity contribution in [3.63, 3.8) is 0 Å². The van der Waals surface area contributed by atoms with Crippen LogP contribution in [0.1, 0.15) is 16.7 Å². The molecule has 0 aromatic heterocycles. The molecule has 0 saturated carbocycles. The van der Waals surface area contributed by atoms with Crippen molar-refractivity contribution < 1.29 is 23.9 Å². The standard InChI is InChI=1S/C27H23BrN2O5/c1-17-3-4-18(2)24(15-17)35-14-13-34-22-11-5-19(6-12-22)16-23-25(31)29-27(33)30(26(23)32)21-9-7-20(28)8-10-21/h3-12,15-16H,13-14H2,1-2H3,(H,29,31,33)/b23-16-. The maximum absolute atomic E-state index is 13.0. The number of nitrogens with zero attached hydrogens (tertiary/aromatic N) is 1. The summed E-state index contributed by atoms with van der Waals surface area (Å²) in [7, 11) is 0. The number of barbiturate groups is 1. The van der Waals surface area contributed by atoms with Crippen molar-refractivity contribution in [1.82, 2.24) is 5.32 Å². The van der Waals surface area contributed by atoms with E-state index in [9.17, 15) is 14.4 Å². The van der Waals surface area contributed by atoms with Crippen LogP contribution in [0.2, 0.25) is 0 Å². The highest BCUT2D eigenvalue weighted by Crippen LogP contribution is 2.24. The van der Waals surface area contributed by atoms with Gasteiger partial charge in [-0.25, -0.2) is 9.69 Å². The van der Waals surface area contributed by atoms with Gasteiger partial charge in [0.05, 0.1) is 5.69 Å². The van der Waals surface area contributed by atoms with Gasteiger partial charge in [0.15, 0.2) is 0 Å². The fourth-order valence-corrected chi connectivity index (χ4v) is 3.75. The van der Waals surface area contributed by atoms with Crippen molar-refractivity contribution in [3.05, 3.63) is 93.5 Å². The molecular weight excluding hydrogens is 512 g/mol. The van der Waals surface area contributed by atoms with E-state index in [2.05, 4.69) is 21.2 Å². The minimum atomic E-state index is -0.786. The molecule has 0 bridgehead atoms. The van der Waals surface area contributed by atoms with E-state index in [4.69, 9.17) is 9.47 Å². The van der Waals surface area contributed by atoms with Crippen molar-refractivity contribution in [3.8, 4) is 11.5 Å². The van der Waals surface area contributed by atoms with Gasteiger partial charge in [0, 0.05) is 4.47 Å². The van der Waals surface area contributed by atoms with Gasteiger partial charge < -0.3 is 9.47 Å². The van der Waals surface area contributed by atoms with Crippen LogP contribution < -0.4 is 19.7 Å². The van der Waals surface area contributed by atoms with E-state index in [1.807, 2.05) is 32.0 Å². The highest BCUT2D eigenvalue weighted by atomic mass is 79.9. The van der Waals surface area contributed by atoms with Crippen LogP contribution in [0.15, 0.2) is 76.8 Å². The Morgan fingerprint density at radius 1 is 0.886 bits per heavy atom. The van der Waals surface area contributed by atoms with Gasteiger partial charge in [-0.05, 0) is 79.1 Å². The largest absolute Gasteiger partial charge is 0.490 e. The number of carbonyl (C=O) groups is 3. The lowest BCUT2D eigenvalue weighted by atomic mass is 10.1. The van der Waals surface area contributed by atoms with Gasteiger partial charge in [0.1, 0.15) is 30.3 Å². The average molecular weight is 535 g/mol. The third kappa shape index (κ3) is 5.78. The molecule has 35 heavy (non-hydrogen) atoms. The number of ether oxygens (including phenoxy) is 2. The van der Waals surface area contributed by atoms with Gasteiger partial charge in [-0.1, -0.05) is 40.2 Å². The van der Waals surface area contributed by atoms with Crippen LogP contribution in [-0.2, 0) is 9.59 Å². The van der Waals surface area contributed by atoms with Crippen molar-refractivity contribution in [2.75, 3.05) is 18.1 Å². The highest BCUT2D eigenvalue weighted by molar-refractivity contribution is 9.10. The first-order chi connectivity index (χ1) is 16.8. The second-order valence-electron chi connectivity index (χ2n) is 7.97. The third-order valence-corrected chi connectivity index (χ3v) is 5.86. The maximum atomic E-state index is 13.0. The van der Waals surface area contributed by atoms with E-state index in [1.165, 1.54) is 6.08 Å². The van der Waals surface area contributed by atoms with Crippen LogP contribution in [0.4, 0.5) is 10.5 Å². The molecule has 3 aromatic rings. The number of benzene rings is 3. The molecule has 178 valence electrons. The number of nitrogens with one attached hydrogen (secondary N) is 1. The summed E-state index contributed by atoms with van der Waals surface area (Å²) in [4.78, 5) is 38.6. The molecule has 3 aromatic carbocycles. The first-order valence-corrected chi connectivity index (χ1v) is 11.7. The summed E-state index contributed by atoms with van der Waals surface area (Å²) in [6.45, 7) is 4.76. The van der Waals surface area contributed by atoms with Crippen molar-refractivity contribution >= 4 is 45.5 Å². The number of anilines is 1. The Balaban J connectivity index is 1.40. The fraction of sp³-hybridized carbons (Fsp3) is 0.148. The minimum absolute atomic E-state index is 0.136. The Labute approximate surface area is 211 Å². The Morgan fingerprint density at radius 3 is 2.29 bits per heavy atom. The number of aryl methyl sites for hydroxylation is 2. The SMILES string of the molecule is Cc1ccc(C)c(OCCOc2ccc(/C=C3/C(=O)NC(=O)N(c4ccc(Br)cc4)C3=O)cc2)c1. The number of rotatable bonds is 7. The second kappa shape index (κ2) is 10.6. The van der Waals surface area contributed by atoms with Gasteiger partial charge in [0.2, 0.25) is 0 Å². The normalized spacial score (nSPS) is 14.8. The lowest BCUT2D eigenvalue weighted by Gasteiger charge is -2.26. The number of hydrogen-bond donors (Lipinski definition) is 1. The number of urea groups is 1. The van der Waals surface area contributed by atoms with Gasteiger partial charge in [-0.3, -0.25) is 14.9 Å². The van der Waals surface area contributed by atoms with Crippen molar-refractivity contribution in [1.29, 1.82) is 0 Å². The average Bonchev–Trinajstić information content (AvgIpc) is 2.83. The minimum Gasteiger partial charge on any atom is -0.490 e. The van der Waals surface area contributed by atoms with Crippen LogP contribution in [0, 0.1) is 13.8 Å². The summed E-state index contributed by atoms with van der Waals surface area (Å²) in [6, 6.07) is 18.9. The van der Waals surface area contributed by atoms with Gasteiger partial charge in [-0.15, -0.1) is 0 Å².